The van der Waals surface area contributed by atoms with E-state index in [1.807, 2.05) is 12.1 Å². The third-order valence-electron chi connectivity index (χ3n) is 7.51. The first-order valence-electron chi connectivity index (χ1n) is 12.1. The molecule has 2 heterocycles. The fourth-order valence-corrected chi connectivity index (χ4v) is 5.58. The number of ether oxygens (including phenoxy) is 1. The molecule has 0 aromatic heterocycles. The minimum Gasteiger partial charge on any atom is -0.497 e. The van der Waals surface area contributed by atoms with Gasteiger partial charge in [-0.05, 0) is 49.4 Å². The minimum absolute atomic E-state index is 0.405. The third kappa shape index (κ3) is 5.48. The van der Waals surface area contributed by atoms with Gasteiger partial charge in [0.05, 0.1) is 7.11 Å². The summed E-state index contributed by atoms with van der Waals surface area (Å²) in [5.74, 6) is 2.12. The Bertz CT molecular complexity index is 663. The zero-order valence-electron chi connectivity index (χ0n) is 18.7. The average molecular weight is 414 g/mol. The summed E-state index contributed by atoms with van der Waals surface area (Å²) in [7, 11) is 1.71. The predicted octanol–water partition coefficient (Wildman–Crippen LogP) is 4.17. The van der Waals surface area contributed by atoms with Crippen molar-refractivity contribution in [1.82, 2.24) is 9.80 Å². The van der Waals surface area contributed by atoms with Gasteiger partial charge in [-0.25, -0.2) is 0 Å². The van der Waals surface area contributed by atoms with Gasteiger partial charge >= 0.3 is 0 Å². The Morgan fingerprint density at radius 2 is 1.67 bits per heavy atom. The summed E-state index contributed by atoms with van der Waals surface area (Å²) >= 11 is 0. The number of anilines is 1. The van der Waals surface area contributed by atoms with E-state index in [2.05, 4.69) is 26.8 Å². The molecule has 1 atom stereocenters. The number of benzene rings is 1. The molecule has 5 nitrogen and oxygen atoms in total. The van der Waals surface area contributed by atoms with Crippen molar-refractivity contribution in [2.45, 2.75) is 63.8 Å². The van der Waals surface area contributed by atoms with Crippen LogP contribution in [0.4, 0.5) is 5.69 Å². The zero-order valence-corrected chi connectivity index (χ0v) is 18.7. The highest BCUT2D eigenvalue weighted by Crippen LogP contribution is 2.28. The maximum Gasteiger partial charge on any atom is 0.222 e. The van der Waals surface area contributed by atoms with Crippen molar-refractivity contribution in [2.75, 3.05) is 51.3 Å². The molecule has 1 aromatic carbocycles. The summed E-state index contributed by atoms with van der Waals surface area (Å²) < 4.78 is 5.27. The number of carbonyl (C=O) groups excluding carboxylic acids is 1. The molecule has 1 saturated carbocycles. The molecule has 4 rings (SSSR count). The van der Waals surface area contributed by atoms with Crippen molar-refractivity contribution in [1.29, 1.82) is 0 Å². The Labute approximate surface area is 182 Å². The molecule has 0 bridgehead atoms. The lowest BCUT2D eigenvalue weighted by atomic mass is 9.86. The first kappa shape index (κ1) is 21.5. The van der Waals surface area contributed by atoms with Crippen molar-refractivity contribution in [3.63, 3.8) is 0 Å². The van der Waals surface area contributed by atoms with E-state index >= 15 is 0 Å². The molecule has 3 aliphatic rings. The van der Waals surface area contributed by atoms with Crippen LogP contribution < -0.4 is 9.64 Å². The molecule has 1 amide bonds. The Hall–Kier alpha value is -1.75. The zero-order chi connectivity index (χ0) is 20.8. The smallest absolute Gasteiger partial charge is 0.222 e. The molecule has 0 N–H and O–H groups in total. The molecule has 2 saturated heterocycles. The van der Waals surface area contributed by atoms with Gasteiger partial charge < -0.3 is 14.5 Å². The highest BCUT2D eigenvalue weighted by atomic mass is 16.5. The summed E-state index contributed by atoms with van der Waals surface area (Å²) in [5, 5.41) is 0. The Morgan fingerprint density at radius 3 is 2.37 bits per heavy atom. The van der Waals surface area contributed by atoms with E-state index in [1.165, 1.54) is 44.2 Å². The number of nitrogens with zero attached hydrogens (tertiary/aromatic N) is 3. The number of carbonyl (C=O) groups is 1. The van der Waals surface area contributed by atoms with Gasteiger partial charge in [0.2, 0.25) is 5.91 Å². The lowest BCUT2D eigenvalue weighted by Crippen LogP contribution is -2.55. The third-order valence-corrected chi connectivity index (χ3v) is 7.51. The predicted molar refractivity (Wildman–Crippen MR) is 122 cm³/mol. The summed E-state index contributed by atoms with van der Waals surface area (Å²) in [6.45, 7) is 6.18. The van der Waals surface area contributed by atoms with E-state index in [-0.39, 0.29) is 0 Å². The van der Waals surface area contributed by atoms with Crippen LogP contribution in [0.2, 0.25) is 0 Å². The first-order valence-corrected chi connectivity index (χ1v) is 12.1. The second-order valence-electron chi connectivity index (χ2n) is 9.40. The molecule has 3 fully saturated rings. The lowest BCUT2D eigenvalue weighted by Gasteiger charge is -2.44. The average Bonchev–Trinajstić information content (AvgIpc) is 2.83. The van der Waals surface area contributed by atoms with Gasteiger partial charge in [0.1, 0.15) is 5.75 Å². The topological polar surface area (TPSA) is 36.0 Å². The fourth-order valence-electron chi connectivity index (χ4n) is 5.58. The number of piperazine rings is 1. The number of hydrogen-bond acceptors (Lipinski definition) is 4. The number of likely N-dealkylation sites (tertiary alicyclic amines) is 1. The van der Waals surface area contributed by atoms with Crippen LogP contribution in [0.15, 0.2) is 24.3 Å². The van der Waals surface area contributed by atoms with Crippen molar-refractivity contribution >= 4 is 11.6 Å². The fraction of sp³-hybridized carbons (Fsp3) is 0.720. The quantitative estimate of drug-likeness (QED) is 0.701. The van der Waals surface area contributed by atoms with Gasteiger partial charge in [-0.1, -0.05) is 32.1 Å². The summed E-state index contributed by atoms with van der Waals surface area (Å²) in [6.07, 6.45) is 11.1. The monoisotopic (exact) mass is 413 g/mol. The van der Waals surface area contributed by atoms with E-state index < -0.39 is 0 Å². The normalized spacial score (nSPS) is 24.1. The molecule has 1 aromatic rings. The SMILES string of the molecule is COc1ccc(N2CCN([C@@H]3CCCN(C(=O)CCC4CCCCC4)C3)CC2)cc1. The molecule has 2 aliphatic heterocycles. The van der Waals surface area contributed by atoms with Crippen molar-refractivity contribution < 1.29 is 9.53 Å². The van der Waals surface area contributed by atoms with Crippen molar-refractivity contribution in [3.05, 3.63) is 24.3 Å². The molecular formula is C25H39N3O2. The Balaban J connectivity index is 1.23. The number of amides is 1. The molecule has 1 aliphatic carbocycles. The Kier molecular flexibility index (Phi) is 7.53. The highest BCUT2D eigenvalue weighted by molar-refractivity contribution is 5.76. The molecule has 5 heteroatoms. The van der Waals surface area contributed by atoms with Crippen LogP contribution in [0.5, 0.6) is 5.75 Å². The van der Waals surface area contributed by atoms with E-state index in [1.54, 1.807) is 7.11 Å². The lowest BCUT2D eigenvalue weighted by molar-refractivity contribution is -0.133. The second kappa shape index (κ2) is 10.5. The van der Waals surface area contributed by atoms with E-state index in [9.17, 15) is 4.79 Å². The number of piperidine rings is 1. The molecule has 30 heavy (non-hydrogen) atoms. The molecule has 0 radical (unpaired) electrons. The molecule has 0 spiro atoms. The van der Waals surface area contributed by atoms with Crippen LogP contribution in [-0.4, -0.2) is 68.1 Å². The van der Waals surface area contributed by atoms with E-state index in [0.717, 1.165) is 70.2 Å². The van der Waals surface area contributed by atoms with Crippen LogP contribution in [0.25, 0.3) is 0 Å². The molecule has 0 unspecified atom stereocenters. The van der Waals surface area contributed by atoms with Crippen LogP contribution in [0, 0.1) is 5.92 Å². The second-order valence-corrected chi connectivity index (χ2v) is 9.40. The van der Waals surface area contributed by atoms with Crippen LogP contribution in [0.3, 0.4) is 0 Å². The van der Waals surface area contributed by atoms with E-state index in [0.29, 0.717) is 11.9 Å². The highest BCUT2D eigenvalue weighted by Gasteiger charge is 2.30. The van der Waals surface area contributed by atoms with Gasteiger partial charge in [0.25, 0.3) is 0 Å². The van der Waals surface area contributed by atoms with E-state index in [4.69, 9.17) is 4.74 Å². The molecule has 166 valence electrons. The van der Waals surface area contributed by atoms with Gasteiger partial charge in [-0.15, -0.1) is 0 Å². The Morgan fingerprint density at radius 1 is 0.933 bits per heavy atom. The maximum atomic E-state index is 12.8. The van der Waals surface area contributed by atoms with Crippen LogP contribution >= 0.6 is 0 Å². The summed E-state index contributed by atoms with van der Waals surface area (Å²) in [4.78, 5) is 20.1. The van der Waals surface area contributed by atoms with Crippen LogP contribution in [0.1, 0.15) is 57.8 Å². The maximum absolute atomic E-state index is 12.8. The van der Waals surface area contributed by atoms with Gasteiger partial charge in [0.15, 0.2) is 0 Å². The minimum atomic E-state index is 0.405. The number of rotatable bonds is 6. The van der Waals surface area contributed by atoms with Crippen LogP contribution in [-0.2, 0) is 4.79 Å². The van der Waals surface area contributed by atoms with Gasteiger partial charge in [-0.2, -0.15) is 0 Å². The van der Waals surface area contributed by atoms with Crippen molar-refractivity contribution in [3.8, 4) is 5.75 Å². The first-order chi connectivity index (χ1) is 14.7. The number of hydrogen-bond donors (Lipinski definition) is 0. The van der Waals surface area contributed by atoms with Gasteiger partial charge in [-0.3, -0.25) is 9.69 Å². The summed E-state index contributed by atoms with van der Waals surface area (Å²) in [6, 6.07) is 8.93. The standard InChI is InChI=1S/C25H39N3O2/c1-30-24-12-10-22(11-13-24)26-16-18-27(19-17-26)23-8-5-15-28(20-23)25(29)14-9-21-6-3-2-4-7-21/h10-13,21,23H,2-9,14-20H2,1H3/t23-/m1/s1. The molecular weight excluding hydrogens is 374 g/mol. The number of methoxy groups -OCH3 is 1. The largest absolute Gasteiger partial charge is 0.497 e. The van der Waals surface area contributed by atoms with Crippen molar-refractivity contribution in [2.24, 2.45) is 5.92 Å². The van der Waals surface area contributed by atoms with Gasteiger partial charge in [0, 0.05) is 57.4 Å². The summed E-state index contributed by atoms with van der Waals surface area (Å²) in [5.41, 5.74) is 1.28.